The van der Waals surface area contributed by atoms with Gasteiger partial charge in [-0.15, -0.1) is 0 Å². The predicted molar refractivity (Wildman–Crippen MR) is 95.9 cm³/mol. The van der Waals surface area contributed by atoms with E-state index in [1.165, 1.54) is 6.20 Å². The second-order valence-electron chi connectivity index (χ2n) is 5.07. The number of ether oxygens (including phenoxy) is 2. The molecule has 1 aromatic carbocycles. The van der Waals surface area contributed by atoms with Crippen molar-refractivity contribution >= 4 is 17.8 Å². The zero-order valence-corrected chi connectivity index (χ0v) is 14.5. The normalized spacial score (nSPS) is 9.73. The molecule has 0 atom stereocenters. The minimum Gasteiger partial charge on any atom is -0.462 e. The van der Waals surface area contributed by atoms with Gasteiger partial charge in [-0.05, 0) is 19.4 Å². The maximum absolute atomic E-state index is 12.0. The van der Waals surface area contributed by atoms with Crippen LogP contribution in [-0.4, -0.2) is 30.1 Å². The number of anilines is 1. The smallest absolute Gasteiger partial charge is 0.347 e. The van der Waals surface area contributed by atoms with Crippen molar-refractivity contribution in [3.8, 4) is 17.2 Å². The van der Waals surface area contributed by atoms with E-state index in [0.29, 0.717) is 16.9 Å². The SMILES string of the molecule is CCOC(=O)C(=CNc1[nH]cc(-c2ccccc2)c1C#N)C(=O)OCC. The average molecular weight is 353 g/mol. The van der Waals surface area contributed by atoms with Gasteiger partial charge in [0.15, 0.2) is 5.57 Å². The second kappa shape index (κ2) is 9.08. The van der Waals surface area contributed by atoms with Gasteiger partial charge in [0, 0.05) is 18.0 Å². The molecule has 0 saturated heterocycles. The van der Waals surface area contributed by atoms with Crippen molar-refractivity contribution in [2.45, 2.75) is 13.8 Å². The molecule has 7 heteroatoms. The Morgan fingerprint density at radius 2 is 1.77 bits per heavy atom. The number of rotatable bonds is 7. The van der Waals surface area contributed by atoms with Crippen LogP contribution in [0.3, 0.4) is 0 Å². The third-order valence-electron chi connectivity index (χ3n) is 3.43. The fraction of sp³-hybridized carbons (Fsp3) is 0.211. The minimum absolute atomic E-state index is 0.125. The number of aromatic nitrogens is 1. The summed E-state index contributed by atoms with van der Waals surface area (Å²) >= 11 is 0. The van der Waals surface area contributed by atoms with Crippen LogP contribution in [0, 0.1) is 11.3 Å². The maximum Gasteiger partial charge on any atom is 0.347 e. The van der Waals surface area contributed by atoms with Gasteiger partial charge in [-0.2, -0.15) is 5.26 Å². The van der Waals surface area contributed by atoms with Crippen LogP contribution in [0.5, 0.6) is 0 Å². The van der Waals surface area contributed by atoms with E-state index < -0.39 is 11.9 Å². The van der Waals surface area contributed by atoms with Gasteiger partial charge in [-0.3, -0.25) is 0 Å². The lowest BCUT2D eigenvalue weighted by molar-refractivity contribution is -0.146. The molecule has 2 rings (SSSR count). The number of benzene rings is 1. The van der Waals surface area contributed by atoms with Crippen LogP contribution in [0.4, 0.5) is 5.82 Å². The van der Waals surface area contributed by atoms with Crippen LogP contribution in [0.15, 0.2) is 48.3 Å². The van der Waals surface area contributed by atoms with Crippen molar-refractivity contribution in [2.24, 2.45) is 0 Å². The molecule has 0 aliphatic rings. The number of nitrogens with one attached hydrogen (secondary N) is 2. The third-order valence-corrected chi connectivity index (χ3v) is 3.43. The van der Waals surface area contributed by atoms with Gasteiger partial charge in [0.25, 0.3) is 0 Å². The Morgan fingerprint density at radius 1 is 1.15 bits per heavy atom. The Morgan fingerprint density at radius 3 is 2.31 bits per heavy atom. The Labute approximate surface area is 151 Å². The van der Waals surface area contributed by atoms with Crippen LogP contribution < -0.4 is 5.32 Å². The first-order valence-corrected chi connectivity index (χ1v) is 8.10. The zero-order chi connectivity index (χ0) is 18.9. The number of aromatic amines is 1. The van der Waals surface area contributed by atoms with E-state index in [9.17, 15) is 14.9 Å². The van der Waals surface area contributed by atoms with Crippen molar-refractivity contribution in [3.63, 3.8) is 0 Å². The van der Waals surface area contributed by atoms with E-state index >= 15 is 0 Å². The molecule has 1 heterocycles. The van der Waals surface area contributed by atoms with Crippen LogP contribution in [0.25, 0.3) is 11.1 Å². The summed E-state index contributed by atoms with van der Waals surface area (Å²) in [7, 11) is 0. The van der Waals surface area contributed by atoms with Crippen molar-refractivity contribution in [2.75, 3.05) is 18.5 Å². The summed E-state index contributed by atoms with van der Waals surface area (Å²) in [6.45, 7) is 3.53. The standard InChI is InChI=1S/C19H19N3O4/c1-3-25-18(23)16(19(24)26-4-2)12-22-17-14(10-20)15(11-21-17)13-8-6-5-7-9-13/h5-9,11-12,21-22H,3-4H2,1-2H3. The van der Waals surface area contributed by atoms with Gasteiger partial charge in [0.2, 0.25) is 0 Å². The van der Waals surface area contributed by atoms with Gasteiger partial charge in [-0.25, -0.2) is 9.59 Å². The van der Waals surface area contributed by atoms with Crippen LogP contribution >= 0.6 is 0 Å². The van der Waals surface area contributed by atoms with Crippen LogP contribution in [-0.2, 0) is 19.1 Å². The fourth-order valence-electron chi connectivity index (χ4n) is 2.26. The molecule has 0 spiro atoms. The van der Waals surface area contributed by atoms with E-state index in [-0.39, 0.29) is 18.8 Å². The molecule has 2 aromatic rings. The first-order valence-electron chi connectivity index (χ1n) is 8.10. The fourth-order valence-corrected chi connectivity index (χ4v) is 2.26. The summed E-state index contributed by atoms with van der Waals surface area (Å²) in [5.41, 5.74) is 1.65. The van der Waals surface area contributed by atoms with E-state index in [1.54, 1.807) is 20.0 Å². The molecule has 0 unspecified atom stereocenters. The van der Waals surface area contributed by atoms with Crippen LogP contribution in [0.1, 0.15) is 19.4 Å². The predicted octanol–water partition coefficient (Wildman–Crippen LogP) is 2.98. The Kier molecular flexibility index (Phi) is 6.57. The number of hydrogen-bond donors (Lipinski definition) is 2. The highest BCUT2D eigenvalue weighted by atomic mass is 16.6. The van der Waals surface area contributed by atoms with Crippen molar-refractivity contribution < 1.29 is 19.1 Å². The van der Waals surface area contributed by atoms with Gasteiger partial charge >= 0.3 is 11.9 Å². The molecule has 0 amide bonds. The lowest BCUT2D eigenvalue weighted by Gasteiger charge is -2.07. The number of H-pyrrole nitrogens is 1. The number of hydrogen-bond acceptors (Lipinski definition) is 6. The first-order chi connectivity index (χ1) is 12.6. The molecule has 1 aromatic heterocycles. The van der Waals surface area contributed by atoms with E-state index in [4.69, 9.17) is 9.47 Å². The molecule has 0 aliphatic heterocycles. The largest absolute Gasteiger partial charge is 0.462 e. The van der Waals surface area contributed by atoms with Crippen molar-refractivity contribution in [1.29, 1.82) is 5.26 Å². The highest BCUT2D eigenvalue weighted by Gasteiger charge is 2.21. The molecule has 0 saturated carbocycles. The summed E-state index contributed by atoms with van der Waals surface area (Å²) in [6.07, 6.45) is 2.86. The molecule has 0 bridgehead atoms. The Hall–Kier alpha value is -3.53. The summed E-state index contributed by atoms with van der Waals surface area (Å²) in [5, 5.41) is 12.3. The maximum atomic E-state index is 12.0. The molecule has 26 heavy (non-hydrogen) atoms. The van der Waals surface area contributed by atoms with Gasteiger partial charge in [-0.1, -0.05) is 30.3 Å². The topological polar surface area (TPSA) is 104 Å². The number of carbonyl (C=O) groups excluding carboxylic acids is 2. The lowest BCUT2D eigenvalue weighted by atomic mass is 10.1. The second-order valence-corrected chi connectivity index (χ2v) is 5.07. The molecular formula is C19H19N3O4. The summed E-state index contributed by atoms with van der Waals surface area (Å²) in [5.74, 6) is -1.24. The number of nitrogens with zero attached hydrogens (tertiary/aromatic N) is 1. The van der Waals surface area contributed by atoms with E-state index in [1.807, 2.05) is 30.3 Å². The summed E-state index contributed by atoms with van der Waals surface area (Å²) in [4.78, 5) is 26.8. The van der Waals surface area contributed by atoms with Gasteiger partial charge in [0.1, 0.15) is 17.5 Å². The van der Waals surface area contributed by atoms with Gasteiger partial charge < -0.3 is 19.8 Å². The average Bonchev–Trinajstić information content (AvgIpc) is 3.06. The number of esters is 2. The lowest BCUT2D eigenvalue weighted by Crippen LogP contribution is -2.19. The molecule has 134 valence electrons. The Balaban J connectivity index is 2.32. The van der Waals surface area contributed by atoms with Crippen LogP contribution in [0.2, 0.25) is 0 Å². The van der Waals surface area contributed by atoms with E-state index in [2.05, 4.69) is 16.4 Å². The molecule has 0 radical (unpaired) electrons. The molecule has 0 aliphatic carbocycles. The molecule has 7 nitrogen and oxygen atoms in total. The third kappa shape index (κ3) is 4.30. The quantitative estimate of drug-likeness (QED) is 0.343. The molecule has 2 N–H and O–H groups in total. The summed E-state index contributed by atoms with van der Waals surface area (Å²) in [6, 6.07) is 11.5. The van der Waals surface area contributed by atoms with Crippen molar-refractivity contribution in [3.05, 3.63) is 53.9 Å². The number of nitriles is 1. The zero-order valence-electron chi connectivity index (χ0n) is 14.5. The monoisotopic (exact) mass is 353 g/mol. The molecular weight excluding hydrogens is 334 g/mol. The molecule has 0 fully saturated rings. The highest BCUT2D eigenvalue weighted by molar-refractivity contribution is 6.14. The Bertz CT molecular complexity index is 827. The highest BCUT2D eigenvalue weighted by Crippen LogP contribution is 2.28. The first kappa shape index (κ1) is 18.8. The minimum atomic E-state index is -0.799. The van der Waals surface area contributed by atoms with Crippen molar-refractivity contribution in [1.82, 2.24) is 4.98 Å². The van der Waals surface area contributed by atoms with Gasteiger partial charge in [0.05, 0.1) is 13.2 Å². The number of carbonyl (C=O) groups is 2. The summed E-state index contributed by atoms with van der Waals surface area (Å²) < 4.78 is 9.74. The van der Waals surface area contributed by atoms with E-state index in [0.717, 1.165) is 5.56 Å².